The summed E-state index contributed by atoms with van der Waals surface area (Å²) in [6.07, 6.45) is 7.00. The number of rotatable bonds is 1. The Kier molecular flexibility index (Phi) is 3.23. The van der Waals surface area contributed by atoms with E-state index in [4.69, 9.17) is 4.42 Å². The summed E-state index contributed by atoms with van der Waals surface area (Å²) in [6, 6.07) is 3.64. The fraction of sp³-hybridized carbons (Fsp3) is 0.385. The number of amidine groups is 1. The number of thioether (sulfide) groups is 1. The van der Waals surface area contributed by atoms with E-state index in [1.54, 1.807) is 12.3 Å². The van der Waals surface area contributed by atoms with Gasteiger partial charge in [0.05, 0.1) is 11.2 Å². The Hall–Kier alpha value is -1.49. The third kappa shape index (κ3) is 2.36. The summed E-state index contributed by atoms with van der Waals surface area (Å²) in [5.41, 5.74) is 0. The maximum absolute atomic E-state index is 11.8. The van der Waals surface area contributed by atoms with E-state index < -0.39 is 0 Å². The lowest BCUT2D eigenvalue weighted by molar-refractivity contribution is -0.113. The molecule has 1 fully saturated rings. The molecule has 0 saturated carbocycles. The Balaban J connectivity index is 1.74. The van der Waals surface area contributed by atoms with Crippen LogP contribution in [0, 0.1) is 0 Å². The lowest BCUT2D eigenvalue weighted by atomic mass is 10.1. The fourth-order valence-corrected chi connectivity index (χ4v) is 3.07. The van der Waals surface area contributed by atoms with Crippen LogP contribution in [-0.4, -0.2) is 29.1 Å². The number of amides is 1. The summed E-state index contributed by atoms with van der Waals surface area (Å²) in [5, 5.41) is 0.845. The quantitative estimate of drug-likeness (QED) is 0.730. The molecule has 3 heterocycles. The second-order valence-electron chi connectivity index (χ2n) is 4.37. The molecule has 0 spiro atoms. The van der Waals surface area contributed by atoms with Gasteiger partial charge >= 0.3 is 0 Å². The standard InChI is InChI=1S/C13H14N2O2S/c16-12-11(9-10-5-4-8-17-10)18-13(14-12)15-6-2-1-3-7-15/h4-5,8-9H,1-3,6-7H2. The number of furan rings is 1. The topological polar surface area (TPSA) is 45.8 Å². The summed E-state index contributed by atoms with van der Waals surface area (Å²) < 4.78 is 5.22. The van der Waals surface area contributed by atoms with Crippen LogP contribution in [0.25, 0.3) is 6.08 Å². The fourth-order valence-electron chi connectivity index (χ4n) is 2.12. The molecule has 0 bridgehead atoms. The van der Waals surface area contributed by atoms with Gasteiger partial charge in [-0.05, 0) is 43.2 Å². The van der Waals surface area contributed by atoms with E-state index in [2.05, 4.69) is 9.89 Å². The number of hydrogen-bond donors (Lipinski definition) is 0. The largest absolute Gasteiger partial charge is 0.465 e. The Morgan fingerprint density at radius 2 is 2.17 bits per heavy atom. The van der Waals surface area contributed by atoms with E-state index in [0.29, 0.717) is 10.7 Å². The summed E-state index contributed by atoms with van der Waals surface area (Å²) >= 11 is 1.45. The summed E-state index contributed by atoms with van der Waals surface area (Å²) in [4.78, 5) is 18.8. The lowest BCUT2D eigenvalue weighted by Crippen LogP contribution is -2.33. The molecule has 0 aliphatic carbocycles. The van der Waals surface area contributed by atoms with Gasteiger partial charge in [0.25, 0.3) is 5.91 Å². The van der Waals surface area contributed by atoms with Crippen LogP contribution in [0.15, 0.2) is 32.7 Å². The Bertz CT molecular complexity index is 499. The molecule has 2 aliphatic rings. The number of carbonyl (C=O) groups is 1. The minimum atomic E-state index is -0.156. The number of hydrogen-bond acceptors (Lipinski definition) is 4. The molecule has 0 radical (unpaired) electrons. The zero-order chi connectivity index (χ0) is 12.4. The van der Waals surface area contributed by atoms with Crippen molar-refractivity contribution in [1.29, 1.82) is 0 Å². The van der Waals surface area contributed by atoms with Gasteiger partial charge in [-0.15, -0.1) is 0 Å². The number of nitrogens with zero attached hydrogens (tertiary/aromatic N) is 2. The highest BCUT2D eigenvalue weighted by molar-refractivity contribution is 8.18. The molecule has 0 unspecified atom stereocenters. The second kappa shape index (κ2) is 5.02. The van der Waals surface area contributed by atoms with Crippen LogP contribution in [0.3, 0.4) is 0 Å². The van der Waals surface area contributed by atoms with Crippen LogP contribution in [0.1, 0.15) is 25.0 Å². The van der Waals surface area contributed by atoms with E-state index in [1.807, 2.05) is 12.1 Å². The Morgan fingerprint density at radius 1 is 1.33 bits per heavy atom. The van der Waals surface area contributed by atoms with Gasteiger partial charge in [-0.25, -0.2) is 0 Å². The molecule has 1 aromatic rings. The highest BCUT2D eigenvalue weighted by Gasteiger charge is 2.27. The van der Waals surface area contributed by atoms with Gasteiger partial charge in [0, 0.05) is 19.2 Å². The molecule has 0 atom stereocenters. The van der Waals surface area contributed by atoms with E-state index in [-0.39, 0.29) is 5.91 Å². The predicted octanol–water partition coefficient (Wildman–Crippen LogP) is 2.74. The third-order valence-corrected chi connectivity index (χ3v) is 4.10. The summed E-state index contributed by atoms with van der Waals surface area (Å²) in [5.74, 6) is 0.540. The Morgan fingerprint density at radius 3 is 2.89 bits per heavy atom. The van der Waals surface area contributed by atoms with Gasteiger partial charge in [-0.3, -0.25) is 4.79 Å². The normalized spacial score (nSPS) is 22.7. The molecule has 94 valence electrons. The predicted molar refractivity (Wildman–Crippen MR) is 72.1 cm³/mol. The van der Waals surface area contributed by atoms with Crippen molar-refractivity contribution in [3.8, 4) is 0 Å². The van der Waals surface area contributed by atoms with Crippen molar-refractivity contribution in [2.24, 2.45) is 4.99 Å². The van der Waals surface area contributed by atoms with Crippen LogP contribution in [0.4, 0.5) is 0 Å². The van der Waals surface area contributed by atoms with Gasteiger partial charge < -0.3 is 9.32 Å². The number of carbonyl (C=O) groups excluding carboxylic acids is 1. The van der Waals surface area contributed by atoms with E-state index >= 15 is 0 Å². The van der Waals surface area contributed by atoms with Crippen molar-refractivity contribution in [3.05, 3.63) is 29.1 Å². The van der Waals surface area contributed by atoms with E-state index in [0.717, 1.165) is 18.3 Å². The summed E-state index contributed by atoms with van der Waals surface area (Å²) in [7, 11) is 0. The number of likely N-dealkylation sites (tertiary alicyclic amines) is 1. The van der Waals surface area contributed by atoms with Crippen molar-refractivity contribution < 1.29 is 9.21 Å². The van der Waals surface area contributed by atoms with Crippen molar-refractivity contribution in [1.82, 2.24) is 4.90 Å². The minimum absolute atomic E-state index is 0.156. The SMILES string of the molecule is O=C1N=C(N2CCCCC2)SC1=Cc1ccco1. The molecule has 1 aromatic heterocycles. The first-order valence-electron chi connectivity index (χ1n) is 6.14. The maximum atomic E-state index is 11.8. The smallest absolute Gasteiger partial charge is 0.286 e. The molecule has 1 saturated heterocycles. The molecule has 3 rings (SSSR count). The van der Waals surface area contributed by atoms with Crippen molar-refractivity contribution in [3.63, 3.8) is 0 Å². The van der Waals surface area contributed by atoms with Crippen LogP contribution < -0.4 is 0 Å². The van der Waals surface area contributed by atoms with Crippen molar-refractivity contribution in [2.45, 2.75) is 19.3 Å². The molecule has 2 aliphatic heterocycles. The lowest BCUT2D eigenvalue weighted by Gasteiger charge is -2.27. The van der Waals surface area contributed by atoms with E-state index in [1.165, 1.54) is 31.0 Å². The molecule has 0 aromatic carbocycles. The van der Waals surface area contributed by atoms with Crippen LogP contribution >= 0.6 is 11.8 Å². The third-order valence-electron chi connectivity index (χ3n) is 3.05. The van der Waals surface area contributed by atoms with Crippen LogP contribution in [0.2, 0.25) is 0 Å². The van der Waals surface area contributed by atoms with Crippen LogP contribution in [0.5, 0.6) is 0 Å². The van der Waals surface area contributed by atoms with Gasteiger partial charge in [0.2, 0.25) is 0 Å². The van der Waals surface area contributed by atoms with Gasteiger partial charge in [-0.2, -0.15) is 4.99 Å². The molecule has 1 amide bonds. The van der Waals surface area contributed by atoms with Gasteiger partial charge in [-0.1, -0.05) is 0 Å². The average molecular weight is 262 g/mol. The van der Waals surface area contributed by atoms with Crippen molar-refractivity contribution in [2.75, 3.05) is 13.1 Å². The first kappa shape index (κ1) is 11.6. The molecule has 0 N–H and O–H groups in total. The maximum Gasteiger partial charge on any atom is 0.286 e. The summed E-state index contributed by atoms with van der Waals surface area (Å²) in [6.45, 7) is 2.01. The monoisotopic (exact) mass is 262 g/mol. The highest BCUT2D eigenvalue weighted by Crippen LogP contribution is 2.31. The van der Waals surface area contributed by atoms with E-state index in [9.17, 15) is 4.79 Å². The van der Waals surface area contributed by atoms with Crippen molar-refractivity contribution >= 4 is 28.9 Å². The molecule has 5 heteroatoms. The second-order valence-corrected chi connectivity index (χ2v) is 5.38. The number of piperidine rings is 1. The van der Waals surface area contributed by atoms with Crippen LogP contribution in [-0.2, 0) is 4.79 Å². The van der Waals surface area contributed by atoms with Gasteiger partial charge in [0.1, 0.15) is 5.76 Å². The zero-order valence-electron chi connectivity index (χ0n) is 9.96. The van der Waals surface area contributed by atoms with Gasteiger partial charge in [0.15, 0.2) is 5.17 Å². The zero-order valence-corrected chi connectivity index (χ0v) is 10.8. The average Bonchev–Trinajstić information content (AvgIpc) is 3.02. The first-order chi connectivity index (χ1) is 8.83. The molecular formula is C13H14N2O2S. The molecular weight excluding hydrogens is 248 g/mol. The number of aliphatic imine (C=N–C) groups is 1. The Labute approximate surface area is 110 Å². The highest BCUT2D eigenvalue weighted by atomic mass is 32.2. The molecule has 4 nitrogen and oxygen atoms in total. The first-order valence-corrected chi connectivity index (χ1v) is 6.95. The molecule has 18 heavy (non-hydrogen) atoms. The minimum Gasteiger partial charge on any atom is -0.465 e.